The average Bonchev–Trinajstić information content (AvgIpc) is 2.85. The molecule has 0 aliphatic rings. The predicted octanol–water partition coefficient (Wildman–Crippen LogP) is 4.31. The number of halogens is 1. The monoisotopic (exact) mass is 329 g/mol. The minimum Gasteiger partial charge on any atom is -0.389 e. The Morgan fingerprint density at radius 1 is 1.22 bits per heavy atom. The van der Waals surface area contributed by atoms with Crippen molar-refractivity contribution in [1.29, 1.82) is 0 Å². The molecule has 3 rings (SSSR count). The molecular weight excluding hydrogens is 310 g/mol. The molecule has 0 fully saturated rings. The van der Waals surface area contributed by atoms with Gasteiger partial charge in [0.1, 0.15) is 11.3 Å². The zero-order valence-electron chi connectivity index (χ0n) is 13.8. The molecule has 0 bridgehead atoms. The largest absolute Gasteiger partial charge is 0.389 e. The number of hydrogen-bond acceptors (Lipinski definition) is 3. The molecule has 0 saturated heterocycles. The van der Waals surface area contributed by atoms with E-state index < -0.39 is 6.10 Å². The van der Waals surface area contributed by atoms with E-state index in [1.165, 1.54) is 0 Å². The van der Waals surface area contributed by atoms with Crippen molar-refractivity contribution in [1.82, 2.24) is 14.5 Å². The molecule has 0 aliphatic heterocycles. The fourth-order valence-corrected chi connectivity index (χ4v) is 3.13. The van der Waals surface area contributed by atoms with Crippen molar-refractivity contribution in [3.8, 4) is 5.69 Å². The topological polar surface area (TPSA) is 50.9 Å². The number of hydrogen-bond donors (Lipinski definition) is 1. The third-order valence-corrected chi connectivity index (χ3v) is 4.32. The Kier molecular flexibility index (Phi) is 4.13. The van der Waals surface area contributed by atoms with Crippen molar-refractivity contribution >= 4 is 22.8 Å². The predicted molar refractivity (Wildman–Crippen MR) is 93.4 cm³/mol. The molecule has 0 amide bonds. The van der Waals surface area contributed by atoms with Crippen LogP contribution in [0.4, 0.5) is 0 Å². The van der Waals surface area contributed by atoms with E-state index in [4.69, 9.17) is 16.6 Å². The van der Waals surface area contributed by atoms with Gasteiger partial charge in [0.15, 0.2) is 5.65 Å². The van der Waals surface area contributed by atoms with Crippen molar-refractivity contribution in [2.45, 2.75) is 40.2 Å². The number of rotatable bonds is 3. The van der Waals surface area contributed by atoms with Gasteiger partial charge in [-0.15, -0.1) is 0 Å². The van der Waals surface area contributed by atoms with Crippen LogP contribution >= 0.6 is 11.6 Å². The third kappa shape index (κ3) is 2.73. The van der Waals surface area contributed by atoms with Crippen LogP contribution in [0.15, 0.2) is 24.3 Å². The number of imidazole rings is 1. The summed E-state index contributed by atoms with van der Waals surface area (Å²) in [6.45, 7) is 7.82. The van der Waals surface area contributed by atoms with Crippen molar-refractivity contribution in [2.24, 2.45) is 0 Å². The lowest BCUT2D eigenvalue weighted by Crippen LogP contribution is -2.03. The van der Waals surface area contributed by atoms with Gasteiger partial charge >= 0.3 is 0 Å². The van der Waals surface area contributed by atoms with Crippen LogP contribution in [0.25, 0.3) is 16.9 Å². The van der Waals surface area contributed by atoms with E-state index in [1.54, 1.807) is 13.0 Å². The van der Waals surface area contributed by atoms with Gasteiger partial charge in [0.2, 0.25) is 0 Å². The summed E-state index contributed by atoms with van der Waals surface area (Å²) in [5.41, 5.74) is 5.43. The molecule has 0 saturated carbocycles. The van der Waals surface area contributed by atoms with Gasteiger partial charge in [0.25, 0.3) is 0 Å². The highest BCUT2D eigenvalue weighted by Gasteiger charge is 2.17. The summed E-state index contributed by atoms with van der Waals surface area (Å²) in [6.07, 6.45) is 0.234. The van der Waals surface area contributed by atoms with Gasteiger partial charge in [-0.25, -0.2) is 9.97 Å². The first-order chi connectivity index (χ1) is 10.9. The van der Waals surface area contributed by atoms with Crippen LogP contribution in [-0.4, -0.2) is 19.6 Å². The zero-order valence-corrected chi connectivity index (χ0v) is 14.5. The molecule has 5 heteroatoms. The number of fused-ring (bicyclic) bond motifs is 1. The quantitative estimate of drug-likeness (QED) is 0.779. The molecule has 0 radical (unpaired) electrons. The van der Waals surface area contributed by atoms with E-state index in [0.29, 0.717) is 5.02 Å². The molecule has 0 spiro atoms. The molecule has 3 aromatic rings. The first kappa shape index (κ1) is 16.0. The second-order valence-electron chi connectivity index (χ2n) is 5.86. The minimum atomic E-state index is -0.547. The Balaban J connectivity index is 2.31. The van der Waals surface area contributed by atoms with E-state index in [9.17, 15) is 5.11 Å². The van der Waals surface area contributed by atoms with Gasteiger partial charge in [-0.3, -0.25) is 4.57 Å². The van der Waals surface area contributed by atoms with Crippen LogP contribution in [-0.2, 0) is 6.42 Å². The molecule has 2 aromatic heterocycles. The van der Waals surface area contributed by atoms with Crippen LogP contribution in [0.5, 0.6) is 0 Å². The summed E-state index contributed by atoms with van der Waals surface area (Å²) in [6, 6.07) is 7.65. The lowest BCUT2D eigenvalue weighted by atomic mass is 10.1. The minimum absolute atomic E-state index is 0.547. The number of aromatic nitrogens is 3. The molecule has 1 atom stereocenters. The van der Waals surface area contributed by atoms with Gasteiger partial charge < -0.3 is 5.11 Å². The molecule has 23 heavy (non-hydrogen) atoms. The second-order valence-corrected chi connectivity index (χ2v) is 6.26. The Morgan fingerprint density at radius 3 is 2.57 bits per heavy atom. The average molecular weight is 330 g/mol. The highest BCUT2D eigenvalue weighted by atomic mass is 35.5. The van der Waals surface area contributed by atoms with Crippen molar-refractivity contribution < 1.29 is 5.11 Å². The van der Waals surface area contributed by atoms with Crippen LogP contribution in [0.3, 0.4) is 0 Å². The van der Waals surface area contributed by atoms with Crippen LogP contribution in [0.1, 0.15) is 42.6 Å². The maximum Gasteiger partial charge on any atom is 0.165 e. The molecule has 1 unspecified atom stereocenters. The Bertz CT molecular complexity index is 884. The van der Waals surface area contributed by atoms with E-state index in [2.05, 4.69) is 11.9 Å². The maximum atomic E-state index is 9.72. The number of aryl methyl sites for hydroxylation is 3. The second kappa shape index (κ2) is 5.95. The highest BCUT2D eigenvalue weighted by molar-refractivity contribution is 6.32. The fraction of sp³-hybridized carbons (Fsp3) is 0.333. The number of aliphatic hydroxyl groups excluding tert-OH is 1. The third-order valence-electron chi connectivity index (χ3n) is 4.02. The lowest BCUT2D eigenvalue weighted by Gasteiger charge is -2.12. The lowest BCUT2D eigenvalue weighted by molar-refractivity contribution is 0.199. The summed E-state index contributed by atoms with van der Waals surface area (Å²) < 4.78 is 2.02. The Morgan fingerprint density at radius 2 is 1.96 bits per heavy atom. The number of pyridine rings is 1. The molecule has 0 aliphatic carbocycles. The van der Waals surface area contributed by atoms with Gasteiger partial charge in [-0.1, -0.05) is 24.6 Å². The standard InChI is InChI=1S/C18H20ClN3O/c1-5-16-21-17-10(2)8-11(3)20-18(17)22(16)15-7-6-13(12(4)23)9-14(15)19/h6-9,12,23H,5H2,1-4H3. The summed E-state index contributed by atoms with van der Waals surface area (Å²) >= 11 is 6.49. The molecule has 4 nitrogen and oxygen atoms in total. The normalized spacial score (nSPS) is 12.8. The van der Waals surface area contributed by atoms with Gasteiger partial charge in [-0.2, -0.15) is 0 Å². The summed E-state index contributed by atoms with van der Waals surface area (Å²) in [5.74, 6) is 0.924. The first-order valence-electron chi connectivity index (χ1n) is 7.75. The number of benzene rings is 1. The molecule has 120 valence electrons. The smallest absolute Gasteiger partial charge is 0.165 e. The molecule has 1 aromatic carbocycles. The first-order valence-corrected chi connectivity index (χ1v) is 8.13. The zero-order chi connectivity index (χ0) is 16.7. The van der Waals surface area contributed by atoms with Crippen LogP contribution < -0.4 is 0 Å². The molecule has 2 heterocycles. The number of aliphatic hydroxyl groups is 1. The Hall–Kier alpha value is -1.91. The SMILES string of the molecule is CCc1nc2c(C)cc(C)nc2n1-c1ccc(C(C)O)cc1Cl. The molecular formula is C18H20ClN3O. The Labute approximate surface area is 140 Å². The van der Waals surface area contributed by atoms with Gasteiger partial charge in [0.05, 0.1) is 16.8 Å². The molecule has 1 N–H and O–H groups in total. The number of nitrogens with zero attached hydrogens (tertiary/aromatic N) is 3. The van der Waals surface area contributed by atoms with Gasteiger partial charge in [-0.05, 0) is 50.1 Å². The van der Waals surface area contributed by atoms with E-state index in [0.717, 1.165) is 45.9 Å². The van der Waals surface area contributed by atoms with Gasteiger partial charge in [0, 0.05) is 12.1 Å². The van der Waals surface area contributed by atoms with Crippen LogP contribution in [0.2, 0.25) is 5.02 Å². The summed E-state index contributed by atoms with van der Waals surface area (Å²) in [4.78, 5) is 9.41. The highest BCUT2D eigenvalue weighted by Crippen LogP contribution is 2.30. The maximum absolute atomic E-state index is 9.72. The summed E-state index contributed by atoms with van der Waals surface area (Å²) in [5, 5.41) is 10.3. The van der Waals surface area contributed by atoms with E-state index in [-0.39, 0.29) is 0 Å². The van der Waals surface area contributed by atoms with Crippen molar-refractivity contribution in [3.63, 3.8) is 0 Å². The summed E-state index contributed by atoms with van der Waals surface area (Å²) in [7, 11) is 0. The van der Waals surface area contributed by atoms with E-state index >= 15 is 0 Å². The fourth-order valence-electron chi connectivity index (χ4n) is 2.86. The van der Waals surface area contributed by atoms with Crippen molar-refractivity contribution in [2.75, 3.05) is 0 Å². The van der Waals surface area contributed by atoms with Crippen LogP contribution in [0, 0.1) is 13.8 Å². The van der Waals surface area contributed by atoms with E-state index in [1.807, 2.05) is 36.6 Å². The van der Waals surface area contributed by atoms with Crippen molar-refractivity contribution in [3.05, 3.63) is 51.9 Å².